The molecule has 1 atom stereocenters. The number of furan rings is 2. The van der Waals surface area contributed by atoms with Gasteiger partial charge in [0, 0.05) is 0 Å². The van der Waals surface area contributed by atoms with E-state index < -0.39 is 0 Å². The van der Waals surface area contributed by atoms with Crippen LogP contribution in [0.4, 0.5) is 0 Å². The Morgan fingerprint density at radius 2 is 1.78 bits per heavy atom. The molecule has 0 saturated heterocycles. The number of aryl methyl sites for hydroxylation is 2. The molecule has 23 heavy (non-hydrogen) atoms. The van der Waals surface area contributed by atoms with Crippen molar-refractivity contribution < 1.29 is 8.83 Å². The predicted molar refractivity (Wildman–Crippen MR) is 95.4 cm³/mol. The van der Waals surface area contributed by atoms with Crippen LogP contribution < -0.4 is 0 Å². The van der Waals surface area contributed by atoms with Crippen LogP contribution in [0.15, 0.2) is 69.8 Å². The molecule has 0 aliphatic carbocycles. The molecule has 0 N–H and O–H groups in total. The monoisotopic (exact) mass is 312 g/mol. The topological polar surface area (TPSA) is 26.3 Å². The smallest absolute Gasteiger partial charge is 0.0934 e. The first-order valence-corrected chi connectivity index (χ1v) is 8.58. The van der Waals surface area contributed by atoms with E-state index in [1.807, 2.05) is 18.6 Å². The summed E-state index contributed by atoms with van der Waals surface area (Å²) in [6, 6.07) is 4.09. The highest BCUT2D eigenvalue weighted by Gasteiger charge is 1.99. The fourth-order valence-corrected chi connectivity index (χ4v) is 2.65. The van der Waals surface area contributed by atoms with Crippen molar-refractivity contribution in [3.63, 3.8) is 0 Å². The van der Waals surface area contributed by atoms with Crippen LogP contribution in [-0.2, 0) is 12.8 Å². The highest BCUT2D eigenvalue weighted by molar-refractivity contribution is 5.10. The van der Waals surface area contributed by atoms with E-state index in [0.717, 1.165) is 25.7 Å². The van der Waals surface area contributed by atoms with E-state index in [-0.39, 0.29) is 0 Å². The maximum Gasteiger partial charge on any atom is 0.0934 e. The van der Waals surface area contributed by atoms with Crippen molar-refractivity contribution in [3.8, 4) is 0 Å². The molecule has 2 heteroatoms. The molecule has 1 unspecified atom stereocenters. The summed E-state index contributed by atoms with van der Waals surface area (Å²) in [4.78, 5) is 0. The highest BCUT2D eigenvalue weighted by Crippen LogP contribution is 2.13. The second-order valence-corrected chi connectivity index (χ2v) is 6.35. The van der Waals surface area contributed by atoms with Crippen molar-refractivity contribution in [1.82, 2.24) is 0 Å². The lowest BCUT2D eigenvalue weighted by Gasteiger charge is -2.05. The Hall–Kier alpha value is -1.96. The molecular weight excluding hydrogens is 284 g/mol. The van der Waals surface area contributed by atoms with E-state index in [4.69, 9.17) is 8.83 Å². The normalized spacial score (nSPS) is 13.7. The molecular formula is C21H28O2. The van der Waals surface area contributed by atoms with E-state index >= 15 is 0 Å². The number of allylic oxidation sites excluding steroid dienone is 4. The van der Waals surface area contributed by atoms with Gasteiger partial charge in [0.25, 0.3) is 0 Å². The van der Waals surface area contributed by atoms with Crippen molar-refractivity contribution >= 4 is 0 Å². The summed E-state index contributed by atoms with van der Waals surface area (Å²) in [5.41, 5.74) is 4.02. The van der Waals surface area contributed by atoms with Crippen molar-refractivity contribution in [1.29, 1.82) is 0 Å². The second-order valence-electron chi connectivity index (χ2n) is 6.35. The van der Waals surface area contributed by atoms with Crippen LogP contribution in [0, 0.1) is 5.92 Å². The van der Waals surface area contributed by atoms with E-state index in [1.165, 1.54) is 29.5 Å². The van der Waals surface area contributed by atoms with Crippen LogP contribution >= 0.6 is 0 Å². The zero-order valence-electron chi connectivity index (χ0n) is 14.3. The maximum atomic E-state index is 5.09. The first-order valence-electron chi connectivity index (χ1n) is 8.58. The van der Waals surface area contributed by atoms with Crippen LogP contribution in [0.5, 0.6) is 0 Å². The summed E-state index contributed by atoms with van der Waals surface area (Å²) in [5.74, 6) is 0.639. The Labute approximate surface area is 139 Å². The third-order valence-electron chi connectivity index (χ3n) is 4.12. The summed E-state index contributed by atoms with van der Waals surface area (Å²) in [6.45, 7) is 4.51. The van der Waals surface area contributed by atoms with Crippen molar-refractivity contribution in [3.05, 3.63) is 72.1 Å². The summed E-state index contributed by atoms with van der Waals surface area (Å²) < 4.78 is 10.2. The third kappa shape index (κ3) is 7.23. The van der Waals surface area contributed by atoms with Crippen LogP contribution in [0.3, 0.4) is 0 Å². The molecule has 0 aliphatic heterocycles. The van der Waals surface area contributed by atoms with Gasteiger partial charge in [-0.3, -0.25) is 0 Å². The van der Waals surface area contributed by atoms with Gasteiger partial charge in [0.15, 0.2) is 0 Å². The molecule has 2 aromatic rings. The van der Waals surface area contributed by atoms with Crippen molar-refractivity contribution in [2.45, 2.75) is 52.4 Å². The van der Waals surface area contributed by atoms with Gasteiger partial charge in [-0.15, -0.1) is 0 Å². The minimum atomic E-state index is 0.639. The van der Waals surface area contributed by atoms with Gasteiger partial charge in [-0.1, -0.05) is 30.7 Å². The fraction of sp³-hybridized carbons (Fsp3) is 0.429. The van der Waals surface area contributed by atoms with Crippen molar-refractivity contribution in [2.75, 3.05) is 0 Å². The molecule has 0 aromatic carbocycles. The Bertz CT molecular complexity index is 573. The van der Waals surface area contributed by atoms with Crippen LogP contribution in [0.1, 0.15) is 50.7 Å². The van der Waals surface area contributed by atoms with E-state index in [9.17, 15) is 0 Å². The molecule has 0 amide bonds. The van der Waals surface area contributed by atoms with Gasteiger partial charge in [0.1, 0.15) is 0 Å². The molecule has 0 saturated carbocycles. The Kier molecular flexibility index (Phi) is 7.51. The van der Waals surface area contributed by atoms with Gasteiger partial charge in [-0.2, -0.15) is 0 Å². The SMILES string of the molecule is CC(=CCCc1ccoc1)CC=CC(C)CCCc1ccoc1. The standard InChI is InChI=1S/C21H28O2/c1-18(8-4-10-20-12-14-22-16-20)6-3-7-19(2)9-5-11-21-13-15-23-17-21/h3,6,9,12-18H,4-5,7-8,10-11H2,1-2H3. The molecule has 0 radical (unpaired) electrons. The lowest BCUT2D eigenvalue weighted by molar-refractivity contribution is 0.558. The molecule has 124 valence electrons. The molecule has 0 bridgehead atoms. The molecule has 2 rings (SSSR count). The van der Waals surface area contributed by atoms with Gasteiger partial charge in [0.2, 0.25) is 0 Å². The quantitative estimate of drug-likeness (QED) is 0.477. The van der Waals surface area contributed by atoms with Crippen LogP contribution in [0.2, 0.25) is 0 Å². The van der Waals surface area contributed by atoms with E-state index in [1.54, 1.807) is 12.5 Å². The second kappa shape index (κ2) is 9.94. The van der Waals surface area contributed by atoms with Gasteiger partial charge in [-0.25, -0.2) is 0 Å². The number of rotatable bonds is 10. The summed E-state index contributed by atoms with van der Waals surface area (Å²) >= 11 is 0. The Morgan fingerprint density at radius 3 is 2.43 bits per heavy atom. The Balaban J connectivity index is 1.58. The Morgan fingerprint density at radius 1 is 1.09 bits per heavy atom. The highest BCUT2D eigenvalue weighted by atomic mass is 16.3. The first-order chi connectivity index (χ1) is 11.2. The summed E-state index contributed by atoms with van der Waals surface area (Å²) in [5, 5.41) is 0. The van der Waals surface area contributed by atoms with Crippen LogP contribution in [-0.4, -0.2) is 0 Å². The maximum absolute atomic E-state index is 5.09. The molecule has 0 spiro atoms. The molecule has 2 heterocycles. The fourth-order valence-electron chi connectivity index (χ4n) is 2.65. The average Bonchev–Trinajstić information content (AvgIpc) is 3.20. The van der Waals surface area contributed by atoms with Gasteiger partial charge >= 0.3 is 0 Å². The van der Waals surface area contributed by atoms with E-state index in [0.29, 0.717) is 5.92 Å². The number of hydrogen-bond acceptors (Lipinski definition) is 2. The zero-order valence-corrected chi connectivity index (χ0v) is 14.3. The zero-order chi connectivity index (χ0) is 16.3. The summed E-state index contributed by atoms with van der Waals surface area (Å²) in [7, 11) is 0. The van der Waals surface area contributed by atoms with Crippen molar-refractivity contribution in [2.24, 2.45) is 5.92 Å². The largest absolute Gasteiger partial charge is 0.472 e. The van der Waals surface area contributed by atoms with Gasteiger partial charge < -0.3 is 8.83 Å². The van der Waals surface area contributed by atoms with Crippen LogP contribution in [0.25, 0.3) is 0 Å². The third-order valence-corrected chi connectivity index (χ3v) is 4.12. The average molecular weight is 312 g/mol. The first kappa shape index (κ1) is 17.4. The lowest BCUT2D eigenvalue weighted by Crippen LogP contribution is -1.92. The minimum absolute atomic E-state index is 0.639. The number of hydrogen-bond donors (Lipinski definition) is 0. The lowest BCUT2D eigenvalue weighted by atomic mass is 10.0. The summed E-state index contributed by atoms with van der Waals surface area (Å²) in [6.07, 6.45) is 20.9. The minimum Gasteiger partial charge on any atom is -0.472 e. The predicted octanol–water partition coefficient (Wildman–Crippen LogP) is 6.36. The van der Waals surface area contributed by atoms with Gasteiger partial charge in [0.05, 0.1) is 25.1 Å². The van der Waals surface area contributed by atoms with Gasteiger partial charge in [-0.05, 0) is 74.6 Å². The molecule has 0 aliphatic rings. The van der Waals surface area contributed by atoms with E-state index in [2.05, 4.69) is 38.1 Å². The molecule has 2 nitrogen and oxygen atoms in total. The molecule has 2 aromatic heterocycles. The molecule has 0 fully saturated rings.